The third-order valence-electron chi connectivity index (χ3n) is 3.89. The Bertz CT molecular complexity index is 1080. The van der Waals surface area contributed by atoms with Crippen LogP contribution in [0.5, 0.6) is 0 Å². The molecule has 130 valence electrons. The number of pyridine rings is 1. The first kappa shape index (κ1) is 16.5. The lowest BCUT2D eigenvalue weighted by atomic mass is 10.2. The number of thiophene rings is 1. The van der Waals surface area contributed by atoms with Crippen LogP contribution in [0, 0.1) is 11.6 Å². The van der Waals surface area contributed by atoms with Gasteiger partial charge in [0, 0.05) is 34.6 Å². The van der Waals surface area contributed by atoms with E-state index in [9.17, 15) is 8.78 Å². The minimum absolute atomic E-state index is 0.422. The molecule has 7 heteroatoms. The number of nitrogens with one attached hydrogen (secondary N) is 1. The molecule has 0 radical (unpaired) electrons. The van der Waals surface area contributed by atoms with Crippen molar-refractivity contribution in [3.05, 3.63) is 65.3 Å². The van der Waals surface area contributed by atoms with Gasteiger partial charge in [-0.1, -0.05) is 6.92 Å². The van der Waals surface area contributed by atoms with E-state index in [1.165, 1.54) is 10.9 Å². The maximum absolute atomic E-state index is 13.5. The van der Waals surface area contributed by atoms with Gasteiger partial charge in [0.2, 0.25) is 0 Å². The lowest BCUT2D eigenvalue weighted by molar-refractivity contribution is 0.509. The highest BCUT2D eigenvalue weighted by molar-refractivity contribution is 7.18. The molecule has 0 aliphatic carbocycles. The van der Waals surface area contributed by atoms with Crippen LogP contribution >= 0.6 is 11.3 Å². The van der Waals surface area contributed by atoms with Gasteiger partial charge in [0.1, 0.15) is 10.6 Å². The minimum atomic E-state index is -0.910. The Kier molecular flexibility index (Phi) is 4.30. The summed E-state index contributed by atoms with van der Waals surface area (Å²) >= 11 is 1.59. The van der Waals surface area contributed by atoms with E-state index in [-0.39, 0.29) is 0 Å². The summed E-state index contributed by atoms with van der Waals surface area (Å²) in [7, 11) is 0. The average Bonchev–Trinajstić information content (AvgIpc) is 3.09. The molecule has 4 rings (SSSR count). The van der Waals surface area contributed by atoms with Crippen molar-refractivity contribution in [1.29, 1.82) is 0 Å². The van der Waals surface area contributed by atoms with Gasteiger partial charge in [-0.25, -0.2) is 18.7 Å². The molecule has 0 aliphatic rings. The van der Waals surface area contributed by atoms with Gasteiger partial charge in [0.25, 0.3) is 0 Å². The van der Waals surface area contributed by atoms with E-state index in [1.54, 1.807) is 23.7 Å². The maximum atomic E-state index is 13.5. The van der Waals surface area contributed by atoms with Crippen LogP contribution in [-0.2, 0) is 6.42 Å². The molecule has 0 saturated carbocycles. The molecule has 0 bridgehead atoms. The molecule has 0 unspecified atom stereocenters. The Morgan fingerprint density at radius 2 is 1.96 bits per heavy atom. The van der Waals surface area contributed by atoms with E-state index >= 15 is 0 Å². The maximum Gasteiger partial charge on any atom is 0.164 e. The third kappa shape index (κ3) is 3.13. The number of halogens is 2. The van der Waals surface area contributed by atoms with Gasteiger partial charge in [-0.2, -0.15) is 0 Å². The molecule has 1 aromatic carbocycles. The smallest absolute Gasteiger partial charge is 0.164 e. The highest BCUT2D eigenvalue weighted by Gasteiger charge is 2.14. The number of fused-ring (bicyclic) bond motifs is 1. The molecule has 0 amide bonds. The zero-order chi connectivity index (χ0) is 18.1. The summed E-state index contributed by atoms with van der Waals surface area (Å²) in [5.74, 6) is -0.716. The predicted octanol–water partition coefficient (Wildman–Crippen LogP) is 5.34. The molecule has 0 saturated heterocycles. The van der Waals surface area contributed by atoms with Crippen LogP contribution in [-0.4, -0.2) is 15.0 Å². The van der Waals surface area contributed by atoms with Gasteiger partial charge in [0.15, 0.2) is 17.5 Å². The molecule has 0 fully saturated rings. The highest BCUT2D eigenvalue weighted by atomic mass is 32.1. The Balaban J connectivity index is 1.85. The first-order valence-electron chi connectivity index (χ1n) is 8.07. The number of benzene rings is 1. The van der Waals surface area contributed by atoms with Crippen LogP contribution in [0.25, 0.3) is 21.6 Å². The average molecular weight is 368 g/mol. The Hall–Kier alpha value is -2.93. The van der Waals surface area contributed by atoms with E-state index in [0.717, 1.165) is 34.3 Å². The van der Waals surface area contributed by atoms with Gasteiger partial charge < -0.3 is 5.32 Å². The van der Waals surface area contributed by atoms with Crippen LogP contribution in [0.3, 0.4) is 0 Å². The molecule has 0 aliphatic heterocycles. The Morgan fingerprint density at radius 3 is 2.69 bits per heavy atom. The SMILES string of the molecule is CCc1cc2c(Nc3ccc(F)c(F)c3)nc(-c3cccnc3)nc2s1. The van der Waals surface area contributed by atoms with Gasteiger partial charge in [0.05, 0.1) is 5.39 Å². The largest absolute Gasteiger partial charge is 0.339 e. The Labute approximate surface area is 152 Å². The molecule has 4 aromatic rings. The molecule has 1 N–H and O–H groups in total. The topological polar surface area (TPSA) is 50.7 Å². The summed E-state index contributed by atoms with van der Waals surface area (Å²) < 4.78 is 26.7. The van der Waals surface area contributed by atoms with Crippen LogP contribution in [0.15, 0.2) is 48.8 Å². The summed E-state index contributed by atoms with van der Waals surface area (Å²) in [5, 5.41) is 3.94. The summed E-state index contributed by atoms with van der Waals surface area (Å²) in [6.07, 6.45) is 4.26. The van der Waals surface area contributed by atoms with Crippen molar-refractivity contribution in [1.82, 2.24) is 15.0 Å². The number of aromatic nitrogens is 3. The molecule has 4 nitrogen and oxygen atoms in total. The monoisotopic (exact) mass is 368 g/mol. The van der Waals surface area contributed by atoms with Crippen LogP contribution < -0.4 is 5.32 Å². The van der Waals surface area contributed by atoms with Crippen molar-refractivity contribution < 1.29 is 8.78 Å². The standard InChI is InChI=1S/C19H14F2N4S/c1-2-13-9-14-18(23-12-5-6-15(20)16(21)8-12)24-17(25-19(14)26-13)11-4-3-7-22-10-11/h3-10H,2H2,1H3,(H,23,24,25). The third-order valence-corrected chi connectivity index (χ3v) is 5.07. The normalized spacial score (nSPS) is 11.0. The minimum Gasteiger partial charge on any atom is -0.339 e. The zero-order valence-electron chi connectivity index (χ0n) is 13.8. The molecule has 3 heterocycles. The molecular formula is C19H14F2N4S. The van der Waals surface area contributed by atoms with E-state index in [0.29, 0.717) is 17.3 Å². The molecule has 0 atom stereocenters. The summed E-state index contributed by atoms with van der Waals surface area (Å²) in [6.45, 7) is 2.07. The quantitative estimate of drug-likeness (QED) is 0.528. The lowest BCUT2D eigenvalue weighted by Gasteiger charge is -2.09. The van der Waals surface area contributed by atoms with Crippen molar-refractivity contribution >= 4 is 33.1 Å². The van der Waals surface area contributed by atoms with Crippen molar-refractivity contribution in [2.75, 3.05) is 5.32 Å². The fourth-order valence-electron chi connectivity index (χ4n) is 2.58. The van der Waals surface area contributed by atoms with Gasteiger partial charge in [-0.05, 0) is 36.8 Å². The number of rotatable bonds is 4. The van der Waals surface area contributed by atoms with E-state index in [4.69, 9.17) is 0 Å². The summed E-state index contributed by atoms with van der Waals surface area (Å²) in [5.41, 5.74) is 1.21. The number of anilines is 2. The molecule has 0 spiro atoms. The second kappa shape index (κ2) is 6.76. The summed E-state index contributed by atoms with van der Waals surface area (Å²) in [6, 6.07) is 9.39. The Morgan fingerprint density at radius 1 is 1.08 bits per heavy atom. The number of aryl methyl sites for hydroxylation is 1. The van der Waals surface area contributed by atoms with E-state index < -0.39 is 11.6 Å². The second-order valence-electron chi connectivity index (χ2n) is 5.68. The van der Waals surface area contributed by atoms with E-state index in [1.807, 2.05) is 18.2 Å². The van der Waals surface area contributed by atoms with Gasteiger partial charge >= 0.3 is 0 Å². The first-order valence-corrected chi connectivity index (χ1v) is 8.88. The van der Waals surface area contributed by atoms with Crippen molar-refractivity contribution in [3.63, 3.8) is 0 Å². The highest BCUT2D eigenvalue weighted by Crippen LogP contribution is 2.33. The number of nitrogens with zero attached hydrogens (tertiary/aromatic N) is 3. The van der Waals surface area contributed by atoms with Crippen molar-refractivity contribution in [2.45, 2.75) is 13.3 Å². The number of hydrogen-bond acceptors (Lipinski definition) is 5. The molecule has 26 heavy (non-hydrogen) atoms. The van der Waals surface area contributed by atoms with E-state index in [2.05, 4.69) is 27.2 Å². The predicted molar refractivity (Wildman–Crippen MR) is 99.7 cm³/mol. The van der Waals surface area contributed by atoms with Crippen molar-refractivity contribution in [3.8, 4) is 11.4 Å². The van der Waals surface area contributed by atoms with Crippen LogP contribution in [0.2, 0.25) is 0 Å². The fourth-order valence-corrected chi connectivity index (χ4v) is 3.54. The fraction of sp³-hybridized carbons (Fsp3) is 0.105. The first-order chi connectivity index (χ1) is 12.6. The summed E-state index contributed by atoms with van der Waals surface area (Å²) in [4.78, 5) is 15.4. The van der Waals surface area contributed by atoms with Crippen LogP contribution in [0.4, 0.5) is 20.3 Å². The van der Waals surface area contributed by atoms with Gasteiger partial charge in [-0.15, -0.1) is 11.3 Å². The van der Waals surface area contributed by atoms with Gasteiger partial charge in [-0.3, -0.25) is 4.98 Å². The van der Waals surface area contributed by atoms with Crippen LogP contribution in [0.1, 0.15) is 11.8 Å². The number of hydrogen-bond donors (Lipinski definition) is 1. The lowest BCUT2D eigenvalue weighted by Crippen LogP contribution is -1.99. The second-order valence-corrected chi connectivity index (χ2v) is 6.79. The van der Waals surface area contributed by atoms with Crippen molar-refractivity contribution in [2.24, 2.45) is 0 Å². The molecule has 3 aromatic heterocycles. The zero-order valence-corrected chi connectivity index (χ0v) is 14.6. The molecular weight excluding hydrogens is 354 g/mol.